The van der Waals surface area contributed by atoms with Crippen molar-refractivity contribution in [3.8, 4) is 0 Å². The van der Waals surface area contributed by atoms with Crippen molar-refractivity contribution in [2.75, 3.05) is 5.06 Å². The Labute approximate surface area is 134 Å². The van der Waals surface area contributed by atoms with E-state index in [1.54, 1.807) is 0 Å². The molecular formula is C13H8Cl3NO4. The van der Waals surface area contributed by atoms with E-state index in [0.29, 0.717) is 5.06 Å². The van der Waals surface area contributed by atoms with Gasteiger partial charge in [0.15, 0.2) is 5.76 Å². The lowest BCUT2D eigenvalue weighted by Gasteiger charge is -2.14. The van der Waals surface area contributed by atoms with Crippen molar-refractivity contribution in [1.82, 2.24) is 0 Å². The molecule has 2 aromatic rings. The summed E-state index contributed by atoms with van der Waals surface area (Å²) < 4.78 is 2.82. The highest BCUT2D eigenvalue weighted by Crippen LogP contribution is 2.31. The molecule has 1 aromatic carbocycles. The van der Waals surface area contributed by atoms with Crippen LogP contribution in [0.1, 0.15) is 20.9 Å². The molecular weight excluding hydrogens is 341 g/mol. The second-order valence-electron chi connectivity index (χ2n) is 3.97. The summed E-state index contributed by atoms with van der Waals surface area (Å²) >= 11 is 16.5. The zero-order valence-electron chi connectivity index (χ0n) is 10.3. The molecule has 0 atom stereocenters. The van der Waals surface area contributed by atoms with Gasteiger partial charge in [0.25, 0.3) is 3.79 Å². The third kappa shape index (κ3) is 3.57. The number of amides is 1. The second kappa shape index (κ2) is 6.07. The zero-order chi connectivity index (χ0) is 15.6. The van der Waals surface area contributed by atoms with Gasteiger partial charge in [0, 0.05) is 5.56 Å². The number of Topliss-reactive ketones (excluding diaryl/α,β-unsaturated/α-hetero) is 1. The van der Waals surface area contributed by atoms with Crippen molar-refractivity contribution in [1.29, 1.82) is 0 Å². The predicted molar refractivity (Wildman–Crippen MR) is 78.4 cm³/mol. The average molecular weight is 349 g/mol. The highest BCUT2D eigenvalue weighted by atomic mass is 35.6. The molecule has 0 radical (unpaired) electrons. The number of hydrogen-bond acceptors (Lipinski definition) is 4. The Bertz CT molecular complexity index is 647. The van der Waals surface area contributed by atoms with Gasteiger partial charge in [-0.25, -0.2) is 0 Å². The molecule has 1 amide bonds. The molecule has 1 N–H and O–H groups in total. The van der Waals surface area contributed by atoms with E-state index in [0.717, 1.165) is 0 Å². The van der Waals surface area contributed by atoms with E-state index in [2.05, 4.69) is 0 Å². The zero-order valence-corrected chi connectivity index (χ0v) is 12.6. The van der Waals surface area contributed by atoms with Gasteiger partial charge >= 0.3 is 5.91 Å². The molecule has 0 fully saturated rings. The number of hydrogen-bond donors (Lipinski definition) is 1. The number of rotatable bonds is 3. The van der Waals surface area contributed by atoms with E-state index in [4.69, 9.17) is 39.2 Å². The Morgan fingerprint density at radius 3 is 2.19 bits per heavy atom. The topological polar surface area (TPSA) is 70.8 Å². The summed E-state index contributed by atoms with van der Waals surface area (Å²) in [5, 5.41) is 10.2. The van der Waals surface area contributed by atoms with Gasteiger partial charge in [-0.15, -0.1) is 0 Å². The largest absolute Gasteiger partial charge is 0.459 e. The van der Waals surface area contributed by atoms with E-state index in [1.807, 2.05) is 0 Å². The SMILES string of the molecule is O=C(c1ccco1)N(O)c1ccc(C(=O)C(Cl)(Cl)Cl)cc1. The van der Waals surface area contributed by atoms with Gasteiger partial charge in [-0.2, -0.15) is 5.06 Å². The number of ketones is 1. The van der Waals surface area contributed by atoms with Crippen LogP contribution in [-0.2, 0) is 0 Å². The number of alkyl halides is 3. The fourth-order valence-electron chi connectivity index (χ4n) is 1.54. The molecule has 0 bridgehead atoms. The summed E-state index contributed by atoms with van der Waals surface area (Å²) in [7, 11) is 0. The minimum Gasteiger partial charge on any atom is -0.459 e. The maximum atomic E-state index is 11.8. The number of nitrogens with zero attached hydrogens (tertiary/aromatic N) is 1. The molecule has 0 spiro atoms. The van der Waals surface area contributed by atoms with Gasteiger partial charge in [-0.1, -0.05) is 34.8 Å². The van der Waals surface area contributed by atoms with Crippen LogP contribution in [0.5, 0.6) is 0 Å². The summed E-state index contributed by atoms with van der Waals surface area (Å²) in [4.78, 5) is 23.6. The number of carbonyl (C=O) groups is 2. The van der Waals surface area contributed by atoms with Gasteiger partial charge in [0.05, 0.1) is 12.0 Å². The molecule has 1 heterocycles. The normalized spacial score (nSPS) is 11.2. The molecule has 0 aliphatic rings. The first kappa shape index (κ1) is 15.9. The van der Waals surface area contributed by atoms with Crippen LogP contribution in [0.2, 0.25) is 0 Å². The fourth-order valence-corrected chi connectivity index (χ4v) is 1.87. The van der Waals surface area contributed by atoms with E-state index in [-0.39, 0.29) is 17.0 Å². The van der Waals surface area contributed by atoms with Crippen LogP contribution in [0.25, 0.3) is 0 Å². The van der Waals surface area contributed by atoms with Crippen LogP contribution < -0.4 is 5.06 Å². The minimum absolute atomic E-state index is 0.0288. The summed E-state index contributed by atoms with van der Waals surface area (Å²) in [5.74, 6) is -1.49. The maximum absolute atomic E-state index is 11.8. The van der Waals surface area contributed by atoms with E-state index < -0.39 is 15.5 Å². The van der Waals surface area contributed by atoms with Crippen molar-refractivity contribution < 1.29 is 19.2 Å². The summed E-state index contributed by atoms with van der Waals surface area (Å²) in [6.45, 7) is 0. The molecule has 5 nitrogen and oxygen atoms in total. The molecule has 21 heavy (non-hydrogen) atoms. The van der Waals surface area contributed by atoms with Crippen LogP contribution in [0.15, 0.2) is 47.1 Å². The Balaban J connectivity index is 2.19. The number of hydroxylamine groups is 1. The molecule has 2 rings (SSSR count). The first-order chi connectivity index (χ1) is 9.80. The first-order valence-corrected chi connectivity index (χ1v) is 6.72. The lowest BCUT2D eigenvalue weighted by Crippen LogP contribution is -2.26. The molecule has 0 aliphatic heterocycles. The van der Waals surface area contributed by atoms with E-state index >= 15 is 0 Å². The van der Waals surface area contributed by atoms with Crippen molar-refractivity contribution in [2.45, 2.75) is 3.79 Å². The monoisotopic (exact) mass is 347 g/mol. The lowest BCUT2D eigenvalue weighted by atomic mass is 10.1. The predicted octanol–water partition coefficient (Wildman–Crippen LogP) is 3.87. The molecule has 0 unspecified atom stereocenters. The Morgan fingerprint density at radius 2 is 1.71 bits per heavy atom. The first-order valence-electron chi connectivity index (χ1n) is 5.59. The van der Waals surface area contributed by atoms with Crippen LogP contribution in [0.4, 0.5) is 5.69 Å². The number of halogens is 3. The summed E-state index contributed by atoms with van der Waals surface area (Å²) in [5.41, 5.74) is 0.273. The van der Waals surface area contributed by atoms with Crippen LogP contribution in [0.3, 0.4) is 0 Å². The van der Waals surface area contributed by atoms with Gasteiger partial charge in [0.1, 0.15) is 0 Å². The minimum atomic E-state index is -2.07. The molecule has 8 heteroatoms. The highest BCUT2D eigenvalue weighted by molar-refractivity contribution is 6.77. The fraction of sp³-hybridized carbons (Fsp3) is 0.0769. The van der Waals surface area contributed by atoms with Crippen LogP contribution >= 0.6 is 34.8 Å². The van der Waals surface area contributed by atoms with Crippen LogP contribution in [-0.4, -0.2) is 20.7 Å². The van der Waals surface area contributed by atoms with Crippen molar-refractivity contribution in [3.63, 3.8) is 0 Å². The standard InChI is InChI=1S/C13H8Cl3NO4/c14-13(15,16)11(18)8-3-5-9(6-4-8)17(20)12(19)10-2-1-7-21-10/h1-7,20H. The summed E-state index contributed by atoms with van der Waals surface area (Å²) in [6, 6.07) is 8.27. The van der Waals surface area contributed by atoms with Crippen molar-refractivity contribution >= 4 is 52.2 Å². The smallest absolute Gasteiger partial charge is 0.317 e. The van der Waals surface area contributed by atoms with Crippen molar-refractivity contribution in [2.24, 2.45) is 0 Å². The number of anilines is 1. The van der Waals surface area contributed by atoms with E-state index in [9.17, 15) is 14.8 Å². The van der Waals surface area contributed by atoms with Crippen LogP contribution in [0, 0.1) is 0 Å². The molecule has 0 saturated carbocycles. The summed E-state index contributed by atoms with van der Waals surface area (Å²) in [6.07, 6.45) is 1.31. The quantitative estimate of drug-likeness (QED) is 0.395. The van der Waals surface area contributed by atoms with Gasteiger partial charge < -0.3 is 4.42 Å². The Hall–Kier alpha value is -1.53. The van der Waals surface area contributed by atoms with E-state index in [1.165, 1.54) is 42.7 Å². The maximum Gasteiger partial charge on any atom is 0.317 e. The third-order valence-electron chi connectivity index (χ3n) is 2.56. The van der Waals surface area contributed by atoms with Gasteiger partial charge in [-0.3, -0.25) is 14.8 Å². The van der Waals surface area contributed by atoms with Gasteiger partial charge in [0.2, 0.25) is 5.78 Å². The third-order valence-corrected chi connectivity index (χ3v) is 3.07. The van der Waals surface area contributed by atoms with Crippen molar-refractivity contribution in [3.05, 3.63) is 54.0 Å². The number of furan rings is 1. The molecule has 1 aromatic heterocycles. The molecule has 0 saturated heterocycles. The number of benzene rings is 1. The van der Waals surface area contributed by atoms with Gasteiger partial charge in [-0.05, 0) is 36.4 Å². The average Bonchev–Trinajstić information content (AvgIpc) is 2.98. The molecule has 110 valence electrons. The lowest BCUT2D eigenvalue weighted by molar-refractivity contribution is 0.0826. The Morgan fingerprint density at radius 1 is 1.10 bits per heavy atom. The molecule has 0 aliphatic carbocycles. The Kier molecular flexibility index (Phi) is 4.58. The second-order valence-corrected chi connectivity index (χ2v) is 6.25. The highest BCUT2D eigenvalue weighted by Gasteiger charge is 2.31. The number of carbonyl (C=O) groups excluding carboxylic acids is 2.